The van der Waals surface area contributed by atoms with Gasteiger partial charge < -0.3 is 10.5 Å². The maximum Gasteiger partial charge on any atom is 0.416 e. The summed E-state index contributed by atoms with van der Waals surface area (Å²) in [5.74, 6) is -0.407. The van der Waals surface area contributed by atoms with E-state index in [4.69, 9.17) is 22.1 Å². The highest BCUT2D eigenvalue weighted by molar-refractivity contribution is 9.10. The van der Waals surface area contributed by atoms with Gasteiger partial charge >= 0.3 is 6.18 Å². The first-order chi connectivity index (χ1) is 20.6. The minimum atomic E-state index is -4.64. The number of rotatable bonds is 5. The first kappa shape index (κ1) is 31.7. The van der Waals surface area contributed by atoms with Crippen LogP contribution in [-0.4, -0.2) is 5.78 Å². The third-order valence-corrected chi connectivity index (χ3v) is 9.10. The Kier molecular flexibility index (Phi) is 8.38. The van der Waals surface area contributed by atoms with Crippen LogP contribution in [0.1, 0.15) is 60.4 Å². The molecule has 1 aliphatic carbocycles. The summed E-state index contributed by atoms with van der Waals surface area (Å²) in [4.78, 5) is 15.4. The number of hydrogen-bond donors (Lipinski definition) is 1. The maximum absolute atomic E-state index is 14.0. The molecule has 0 saturated heterocycles. The monoisotopic (exact) mass is 683 g/mol. The van der Waals surface area contributed by atoms with Crippen LogP contribution in [0.3, 0.4) is 0 Å². The number of carbonyl (C=O) groups is 1. The molecule has 2 N–H and O–H groups in total. The molecule has 1 aliphatic heterocycles. The first-order valence-corrected chi connectivity index (χ1v) is 15.1. The number of nitriles is 1. The first-order valence-electron chi connectivity index (χ1n) is 13.9. The summed E-state index contributed by atoms with van der Waals surface area (Å²) in [6.45, 7) is 7.90. The lowest BCUT2D eigenvalue weighted by Crippen LogP contribution is -2.42. The number of nitrogens with two attached hydrogens (primary N) is 1. The Bertz CT molecular complexity index is 1790. The minimum Gasteiger partial charge on any atom is -0.488 e. The van der Waals surface area contributed by atoms with E-state index in [-0.39, 0.29) is 40.9 Å². The van der Waals surface area contributed by atoms with E-state index in [0.717, 1.165) is 39.4 Å². The zero-order valence-electron chi connectivity index (χ0n) is 24.6. The van der Waals surface area contributed by atoms with E-state index in [1.54, 1.807) is 0 Å². The topological polar surface area (TPSA) is 79.3 Å². The number of halogens is 5. The van der Waals surface area contributed by atoms with Crippen molar-refractivity contribution in [3.05, 3.63) is 115 Å². The van der Waals surface area contributed by atoms with E-state index < -0.39 is 23.1 Å². The van der Waals surface area contributed by atoms with Gasteiger partial charge in [0.05, 0.1) is 38.3 Å². The van der Waals surface area contributed by atoms with Crippen LogP contribution in [0, 0.1) is 30.6 Å². The quantitative estimate of drug-likeness (QED) is 0.290. The molecule has 0 amide bonds. The molecule has 5 rings (SSSR count). The van der Waals surface area contributed by atoms with Gasteiger partial charge in [-0.1, -0.05) is 55.3 Å². The van der Waals surface area contributed by atoms with Gasteiger partial charge in [0.25, 0.3) is 0 Å². The van der Waals surface area contributed by atoms with Crippen LogP contribution in [0.4, 0.5) is 18.9 Å². The van der Waals surface area contributed by atoms with Gasteiger partial charge in [-0.25, -0.2) is 0 Å². The van der Waals surface area contributed by atoms with Crippen molar-refractivity contribution in [3.8, 4) is 11.8 Å². The number of benzene rings is 3. The molecule has 1 unspecified atom stereocenters. The molecule has 0 bridgehead atoms. The Morgan fingerprint density at radius 2 is 1.84 bits per heavy atom. The molecule has 3 aromatic rings. The van der Waals surface area contributed by atoms with E-state index in [2.05, 4.69) is 22.0 Å². The molecule has 1 atom stereocenters. The third-order valence-electron chi connectivity index (χ3n) is 8.13. The highest BCUT2D eigenvalue weighted by Gasteiger charge is 2.46. The molecular weight excluding hydrogens is 655 g/mol. The molecule has 10 heteroatoms. The summed E-state index contributed by atoms with van der Waals surface area (Å²) in [5.41, 5.74) is 9.38. The number of hydrogen-bond acceptors (Lipinski definition) is 5. The molecule has 2 aliphatic rings. The van der Waals surface area contributed by atoms with Crippen LogP contribution in [0.2, 0.25) is 5.02 Å². The molecule has 0 aromatic heterocycles. The van der Waals surface area contributed by atoms with E-state index in [1.165, 1.54) is 4.90 Å². The number of anilines is 1. The summed E-state index contributed by atoms with van der Waals surface area (Å²) >= 11 is 10.00. The van der Waals surface area contributed by atoms with Gasteiger partial charge in [0.1, 0.15) is 18.2 Å². The van der Waals surface area contributed by atoms with Crippen molar-refractivity contribution in [2.75, 3.05) is 4.90 Å². The predicted molar refractivity (Wildman–Crippen MR) is 168 cm³/mol. The number of ketones is 1. The van der Waals surface area contributed by atoms with E-state index in [1.807, 2.05) is 64.1 Å². The van der Waals surface area contributed by atoms with E-state index in [0.29, 0.717) is 29.0 Å². The van der Waals surface area contributed by atoms with E-state index in [9.17, 15) is 23.2 Å². The fourth-order valence-electron chi connectivity index (χ4n) is 6.09. The highest BCUT2D eigenvalue weighted by atomic mass is 79.9. The molecule has 1 heterocycles. The SMILES string of the molecule is Cc1cc(COc2ccccc2Br)c(C)c(C2C(C#N)=C(N)N(c3cc(C(F)(F)F)ccc3Cl)C3=C2C(=O)CC(C)(C)C3)c1. The number of Topliss-reactive ketones (excluding diaryl/α,β-unsaturated/α-hetero) is 1. The molecule has 0 saturated carbocycles. The number of aryl methyl sites for hydroxylation is 1. The van der Waals surface area contributed by atoms with Gasteiger partial charge in [-0.2, -0.15) is 18.4 Å². The number of ether oxygens (including phenoxy) is 1. The van der Waals surface area contributed by atoms with Crippen LogP contribution < -0.4 is 15.4 Å². The number of alkyl halides is 3. The molecule has 44 heavy (non-hydrogen) atoms. The lowest BCUT2D eigenvalue weighted by atomic mass is 9.68. The highest BCUT2D eigenvalue weighted by Crippen LogP contribution is 2.52. The Hall–Kier alpha value is -3.74. The second-order valence-corrected chi connectivity index (χ2v) is 13.3. The number of nitrogens with zero attached hydrogens (tertiary/aromatic N) is 2. The van der Waals surface area contributed by atoms with Crippen LogP contribution >= 0.6 is 27.5 Å². The van der Waals surface area contributed by atoms with Crippen molar-refractivity contribution in [2.45, 2.75) is 59.2 Å². The smallest absolute Gasteiger partial charge is 0.416 e. The molecule has 3 aromatic carbocycles. The fraction of sp³-hybridized carbons (Fsp3) is 0.294. The summed E-state index contributed by atoms with van der Waals surface area (Å²) in [6, 6.07) is 16.6. The van der Waals surface area contributed by atoms with Crippen molar-refractivity contribution in [2.24, 2.45) is 11.1 Å². The van der Waals surface area contributed by atoms with Crippen molar-refractivity contribution >= 4 is 39.0 Å². The van der Waals surface area contributed by atoms with Crippen molar-refractivity contribution in [1.82, 2.24) is 0 Å². The number of allylic oxidation sites excluding steroid dienone is 3. The van der Waals surface area contributed by atoms with Gasteiger partial charge in [-0.3, -0.25) is 9.69 Å². The molecule has 5 nitrogen and oxygen atoms in total. The van der Waals surface area contributed by atoms with Crippen molar-refractivity contribution in [3.63, 3.8) is 0 Å². The predicted octanol–water partition coefficient (Wildman–Crippen LogP) is 9.26. The molecule has 0 fully saturated rings. The van der Waals surface area contributed by atoms with Crippen LogP contribution in [0.25, 0.3) is 0 Å². The Morgan fingerprint density at radius 3 is 2.50 bits per heavy atom. The average molecular weight is 685 g/mol. The largest absolute Gasteiger partial charge is 0.488 e. The zero-order chi connectivity index (χ0) is 32.1. The third kappa shape index (κ3) is 5.85. The molecule has 0 spiro atoms. The second-order valence-electron chi connectivity index (χ2n) is 12.0. The van der Waals surface area contributed by atoms with E-state index >= 15 is 0 Å². The number of para-hydroxylation sites is 1. The summed E-state index contributed by atoms with van der Waals surface area (Å²) in [5, 5.41) is 10.5. The summed E-state index contributed by atoms with van der Waals surface area (Å²) in [7, 11) is 0. The summed E-state index contributed by atoms with van der Waals surface area (Å²) < 4.78 is 48.3. The van der Waals surface area contributed by atoms with Crippen LogP contribution in [0.5, 0.6) is 5.75 Å². The lowest BCUT2D eigenvalue weighted by Gasteiger charge is -2.44. The standard InChI is InChI=1S/C34H30BrClF3N3O2/c1-18-11-20(17-44-29-8-6-5-7-24(29)35)19(2)22(12-18)30-23(16-40)32(41)42(27-14-33(3,4)15-28(43)31(27)30)26-13-21(34(37,38)39)9-10-25(26)36/h5-13,30H,14-15,17,41H2,1-4H3. The average Bonchev–Trinajstić information content (AvgIpc) is 2.93. The fourth-order valence-corrected chi connectivity index (χ4v) is 6.69. The molecule has 228 valence electrons. The van der Waals surface area contributed by atoms with Crippen LogP contribution in [-0.2, 0) is 17.6 Å². The van der Waals surface area contributed by atoms with Gasteiger partial charge in [-0.05, 0) is 88.6 Å². The Morgan fingerprint density at radius 1 is 1.14 bits per heavy atom. The Balaban J connectivity index is 1.71. The second kappa shape index (κ2) is 11.6. The van der Waals surface area contributed by atoms with Gasteiger partial charge in [0.15, 0.2) is 5.78 Å². The van der Waals surface area contributed by atoms with Crippen molar-refractivity contribution in [1.29, 1.82) is 5.26 Å². The minimum absolute atomic E-state index is 0.0117. The number of carbonyl (C=O) groups excluding carboxylic acids is 1. The molecule has 0 radical (unpaired) electrons. The summed E-state index contributed by atoms with van der Waals surface area (Å²) in [6.07, 6.45) is -4.10. The van der Waals surface area contributed by atoms with Gasteiger partial charge in [0.2, 0.25) is 0 Å². The maximum atomic E-state index is 14.0. The zero-order valence-corrected chi connectivity index (χ0v) is 26.9. The van der Waals surface area contributed by atoms with Gasteiger partial charge in [-0.15, -0.1) is 0 Å². The van der Waals surface area contributed by atoms with Crippen molar-refractivity contribution < 1.29 is 22.7 Å². The van der Waals surface area contributed by atoms with Crippen LogP contribution in [0.15, 0.2) is 81.7 Å². The molecular formula is C34H30BrClF3N3O2. The Labute approximate surface area is 267 Å². The normalized spacial score (nSPS) is 18.3. The van der Waals surface area contributed by atoms with Gasteiger partial charge in [0, 0.05) is 17.7 Å². The lowest BCUT2D eigenvalue weighted by molar-refractivity contribution is -0.137.